The lowest BCUT2D eigenvalue weighted by molar-refractivity contribution is -0.133. The molecular formula is C27H43ClO7. The summed E-state index contributed by atoms with van der Waals surface area (Å²) in [5.41, 5.74) is 1.40. The topological polar surface area (TPSA) is 75.6 Å². The van der Waals surface area contributed by atoms with Gasteiger partial charge in [0.05, 0.1) is 22.8 Å². The van der Waals surface area contributed by atoms with Crippen molar-refractivity contribution in [3.05, 3.63) is 46.2 Å². The molecule has 0 amide bonds. The smallest absolute Gasteiger partial charge is 0.188 e. The van der Waals surface area contributed by atoms with Crippen molar-refractivity contribution < 1.29 is 33.5 Å². The minimum Gasteiger partial charge on any atom is -0.471 e. The Morgan fingerprint density at radius 1 is 1.03 bits per heavy atom. The number of methoxy groups -OCH3 is 1. The number of hydrogen-bond acceptors (Lipinski definition) is 7. The van der Waals surface area contributed by atoms with Gasteiger partial charge in [0.2, 0.25) is 0 Å². The van der Waals surface area contributed by atoms with E-state index in [1.165, 1.54) is 0 Å². The Morgan fingerprint density at radius 2 is 1.74 bits per heavy atom. The number of allylic oxidation sites excluding steroid dienone is 3. The highest BCUT2D eigenvalue weighted by molar-refractivity contribution is 6.31. The Morgan fingerprint density at radius 3 is 2.49 bits per heavy atom. The van der Waals surface area contributed by atoms with Crippen LogP contribution in [0.25, 0.3) is 0 Å². The van der Waals surface area contributed by atoms with Gasteiger partial charge in [0, 0.05) is 33.2 Å². The third-order valence-electron chi connectivity index (χ3n) is 5.87. The molecular weight excluding hydrogens is 472 g/mol. The van der Waals surface area contributed by atoms with Gasteiger partial charge in [-0.25, -0.2) is 0 Å². The van der Waals surface area contributed by atoms with E-state index in [0.717, 1.165) is 32.1 Å². The summed E-state index contributed by atoms with van der Waals surface area (Å²) in [4.78, 5) is 0. The van der Waals surface area contributed by atoms with Gasteiger partial charge >= 0.3 is 0 Å². The third kappa shape index (κ3) is 10.4. The first-order valence-corrected chi connectivity index (χ1v) is 13.1. The van der Waals surface area contributed by atoms with E-state index in [9.17, 15) is 5.11 Å². The highest BCUT2D eigenvalue weighted by Gasteiger charge is 2.36. The van der Waals surface area contributed by atoms with Crippen LogP contribution in [0.2, 0.25) is 0 Å². The highest BCUT2D eigenvalue weighted by Crippen LogP contribution is 2.40. The van der Waals surface area contributed by atoms with Gasteiger partial charge in [-0.3, -0.25) is 0 Å². The molecule has 200 valence electrons. The van der Waals surface area contributed by atoms with Crippen LogP contribution in [0.4, 0.5) is 0 Å². The van der Waals surface area contributed by atoms with E-state index in [-0.39, 0.29) is 26.1 Å². The first kappa shape index (κ1) is 30.0. The van der Waals surface area contributed by atoms with Crippen LogP contribution in [-0.2, 0) is 28.4 Å². The van der Waals surface area contributed by atoms with E-state index >= 15 is 0 Å². The molecule has 0 fully saturated rings. The van der Waals surface area contributed by atoms with E-state index in [4.69, 9.17) is 40.0 Å². The van der Waals surface area contributed by atoms with Crippen molar-refractivity contribution in [2.24, 2.45) is 0 Å². The third-order valence-corrected chi connectivity index (χ3v) is 6.34. The fourth-order valence-electron chi connectivity index (χ4n) is 4.02. The number of rotatable bonds is 9. The second-order valence-corrected chi connectivity index (χ2v) is 8.99. The SMILES string of the molecule is CCOCOC1=C2C(=C(Cl)C(OCOCC)C1)CC(O)/C=C/CC/C=C/CCC[C@@H](C)O[C@H]2OC. The molecule has 1 aliphatic heterocycles. The molecule has 0 radical (unpaired) electrons. The van der Waals surface area contributed by atoms with Crippen LogP contribution >= 0.6 is 11.6 Å². The van der Waals surface area contributed by atoms with Gasteiger partial charge in [-0.15, -0.1) is 0 Å². The predicted octanol–water partition coefficient (Wildman–Crippen LogP) is 5.73. The minimum absolute atomic E-state index is 0.0429. The molecule has 1 aliphatic carbocycles. The standard InChI is InChI=1S/C27H43ClO7/c1-5-31-18-33-23-17-24(34-19-32-6-2)26(28)22-16-21(29)15-13-11-9-7-8-10-12-14-20(3)35-27(30-4)25(22)23/h7-8,13,15,20-21,24,27,29H,5-6,9-12,14,16-19H2,1-4H3/b8-7+,15-13+/t20-,21?,24?,27-/m1/s1. The van der Waals surface area contributed by atoms with Crippen molar-refractivity contribution in [1.82, 2.24) is 0 Å². The molecule has 35 heavy (non-hydrogen) atoms. The zero-order valence-corrected chi connectivity index (χ0v) is 22.4. The molecule has 2 aliphatic rings. The van der Waals surface area contributed by atoms with Gasteiger partial charge in [-0.05, 0) is 58.4 Å². The molecule has 0 aromatic heterocycles. The maximum Gasteiger partial charge on any atom is 0.188 e. The lowest BCUT2D eigenvalue weighted by atomic mass is 9.89. The Bertz CT molecular complexity index is 731. The normalized spacial score (nSPS) is 29.1. The fraction of sp³-hybridized carbons (Fsp3) is 0.704. The number of hydrogen-bond donors (Lipinski definition) is 1. The zero-order valence-electron chi connectivity index (χ0n) is 21.7. The van der Waals surface area contributed by atoms with Gasteiger partial charge < -0.3 is 33.5 Å². The number of ether oxygens (including phenoxy) is 6. The monoisotopic (exact) mass is 514 g/mol. The molecule has 1 heterocycles. The van der Waals surface area contributed by atoms with Crippen LogP contribution in [0.15, 0.2) is 46.2 Å². The van der Waals surface area contributed by atoms with Crippen LogP contribution in [0, 0.1) is 0 Å². The van der Waals surface area contributed by atoms with Crippen molar-refractivity contribution in [3.63, 3.8) is 0 Å². The second kappa shape index (κ2) is 17.3. The number of fused-ring (bicyclic) bond motifs is 1. The lowest BCUT2D eigenvalue weighted by Gasteiger charge is -2.34. The summed E-state index contributed by atoms with van der Waals surface area (Å²) in [7, 11) is 1.60. The second-order valence-electron chi connectivity index (χ2n) is 8.58. The Balaban J connectivity index is 2.46. The molecule has 0 bridgehead atoms. The van der Waals surface area contributed by atoms with Crippen molar-refractivity contribution >= 4 is 11.6 Å². The molecule has 0 aromatic carbocycles. The summed E-state index contributed by atoms with van der Waals surface area (Å²) in [6, 6.07) is 0. The lowest BCUT2D eigenvalue weighted by Crippen LogP contribution is -2.32. The zero-order chi connectivity index (χ0) is 25.5. The summed E-state index contributed by atoms with van der Waals surface area (Å²) in [5.74, 6) is 0.624. The molecule has 0 spiro atoms. The molecule has 0 saturated carbocycles. The van der Waals surface area contributed by atoms with E-state index in [0.29, 0.717) is 41.6 Å². The quantitative estimate of drug-likeness (QED) is 0.239. The maximum absolute atomic E-state index is 10.9. The number of aliphatic hydroxyl groups is 1. The van der Waals surface area contributed by atoms with Gasteiger partial charge in [0.25, 0.3) is 0 Å². The average molecular weight is 515 g/mol. The molecule has 0 saturated heterocycles. The molecule has 2 unspecified atom stereocenters. The van der Waals surface area contributed by atoms with Gasteiger partial charge in [0.15, 0.2) is 13.1 Å². The van der Waals surface area contributed by atoms with Gasteiger partial charge in [-0.2, -0.15) is 0 Å². The number of aliphatic hydroxyl groups excluding tert-OH is 1. The van der Waals surface area contributed by atoms with Crippen LogP contribution in [0.3, 0.4) is 0 Å². The largest absolute Gasteiger partial charge is 0.471 e. The van der Waals surface area contributed by atoms with Crippen molar-refractivity contribution in [3.8, 4) is 0 Å². The molecule has 0 aromatic rings. The Kier molecular flexibility index (Phi) is 14.8. The maximum atomic E-state index is 10.9. The first-order valence-electron chi connectivity index (χ1n) is 12.7. The van der Waals surface area contributed by atoms with Gasteiger partial charge in [-0.1, -0.05) is 35.9 Å². The summed E-state index contributed by atoms with van der Waals surface area (Å²) in [5, 5.41) is 11.4. The number of halogens is 1. The molecule has 1 N–H and O–H groups in total. The highest BCUT2D eigenvalue weighted by atomic mass is 35.5. The molecule has 4 atom stereocenters. The van der Waals surface area contributed by atoms with Crippen LogP contribution in [0.5, 0.6) is 0 Å². The predicted molar refractivity (Wildman–Crippen MR) is 137 cm³/mol. The molecule has 8 heteroatoms. The summed E-state index contributed by atoms with van der Waals surface area (Å²) < 4.78 is 35.0. The molecule has 7 nitrogen and oxygen atoms in total. The van der Waals surface area contributed by atoms with Crippen LogP contribution < -0.4 is 0 Å². The summed E-state index contributed by atoms with van der Waals surface area (Å²) in [6.07, 6.45) is 11.6. The minimum atomic E-state index is -0.737. The van der Waals surface area contributed by atoms with E-state index in [2.05, 4.69) is 12.2 Å². The Hall–Kier alpha value is -1.19. The van der Waals surface area contributed by atoms with E-state index < -0.39 is 18.5 Å². The van der Waals surface area contributed by atoms with Gasteiger partial charge in [0.1, 0.15) is 18.7 Å². The summed E-state index contributed by atoms with van der Waals surface area (Å²) >= 11 is 6.91. The van der Waals surface area contributed by atoms with Crippen molar-refractivity contribution in [2.45, 2.75) is 90.3 Å². The fourth-order valence-corrected chi connectivity index (χ4v) is 4.34. The van der Waals surface area contributed by atoms with E-state index in [1.54, 1.807) is 7.11 Å². The average Bonchev–Trinajstić information content (AvgIpc) is 2.84. The van der Waals surface area contributed by atoms with Crippen LogP contribution in [-0.4, -0.2) is 63.6 Å². The first-order chi connectivity index (χ1) is 17.0. The summed E-state index contributed by atoms with van der Waals surface area (Å²) in [6.45, 7) is 7.10. The molecule has 2 rings (SSSR count). The van der Waals surface area contributed by atoms with E-state index in [1.807, 2.05) is 32.9 Å². The Labute approximate surface area is 215 Å². The van der Waals surface area contributed by atoms with Crippen molar-refractivity contribution in [2.75, 3.05) is 33.9 Å². The van der Waals surface area contributed by atoms with Crippen molar-refractivity contribution in [1.29, 1.82) is 0 Å². The van der Waals surface area contributed by atoms with Crippen LogP contribution in [0.1, 0.15) is 65.7 Å².